The zero-order valence-corrected chi connectivity index (χ0v) is 39.1. The maximum Gasteiger partial charge on any atom is 0.306 e. The number of hydrogen-bond donors (Lipinski definition) is 4. The van der Waals surface area contributed by atoms with E-state index in [1.165, 1.54) is 6.42 Å². The lowest BCUT2D eigenvalue weighted by Gasteiger charge is -2.40. The number of carbonyl (C=O) groups is 2. The van der Waals surface area contributed by atoms with Gasteiger partial charge in [-0.1, -0.05) is 148 Å². The van der Waals surface area contributed by atoms with Gasteiger partial charge in [0.2, 0.25) is 0 Å². The van der Waals surface area contributed by atoms with E-state index < -0.39 is 71.2 Å². The van der Waals surface area contributed by atoms with Gasteiger partial charge in [-0.05, 0) is 89.9 Å². The van der Waals surface area contributed by atoms with Crippen LogP contribution in [0.2, 0.25) is 0 Å². The van der Waals surface area contributed by atoms with Gasteiger partial charge in [-0.2, -0.15) is 8.42 Å². The Bertz CT molecular complexity index is 1640. The molecule has 0 amide bonds. The van der Waals surface area contributed by atoms with E-state index in [1.54, 1.807) is 0 Å². The van der Waals surface area contributed by atoms with Gasteiger partial charge in [0.15, 0.2) is 12.4 Å². The van der Waals surface area contributed by atoms with Gasteiger partial charge in [0.05, 0.1) is 6.61 Å². The monoisotopic (exact) mass is 915 g/mol. The molecule has 64 heavy (non-hydrogen) atoms. The highest BCUT2D eigenvalue weighted by Gasteiger charge is 2.46. The van der Waals surface area contributed by atoms with E-state index in [9.17, 15) is 37.9 Å². The molecule has 13 heteroatoms. The molecule has 1 aliphatic rings. The Balaban J connectivity index is 2.53. The number of unbranched alkanes of at least 4 members (excludes halogenated alkanes) is 4. The van der Waals surface area contributed by atoms with Crippen LogP contribution in [-0.2, 0) is 38.7 Å². The normalized spacial score (nSPS) is 20.8. The topological polar surface area (TPSA) is 186 Å². The Morgan fingerprint density at radius 2 is 1.02 bits per heavy atom. The zero-order chi connectivity index (χ0) is 46.9. The summed E-state index contributed by atoms with van der Waals surface area (Å²) in [6.45, 7) is 3.47. The molecular weight excluding hydrogens is 837 g/mol. The predicted molar refractivity (Wildman–Crippen MR) is 256 cm³/mol. The molecule has 6 atom stereocenters. The molecule has 1 aliphatic heterocycles. The second kappa shape index (κ2) is 39.4. The van der Waals surface area contributed by atoms with Crippen molar-refractivity contribution in [3.63, 3.8) is 0 Å². The Morgan fingerprint density at radius 3 is 1.50 bits per heavy atom. The summed E-state index contributed by atoms with van der Waals surface area (Å²) >= 11 is 0. The first-order chi connectivity index (χ1) is 31.0. The van der Waals surface area contributed by atoms with Crippen molar-refractivity contribution in [1.29, 1.82) is 0 Å². The average molecular weight is 915 g/mol. The zero-order valence-electron chi connectivity index (χ0n) is 38.3. The van der Waals surface area contributed by atoms with E-state index in [1.807, 2.05) is 18.2 Å². The van der Waals surface area contributed by atoms with Gasteiger partial charge >= 0.3 is 11.9 Å². The van der Waals surface area contributed by atoms with Gasteiger partial charge in [-0.3, -0.25) is 14.1 Å². The lowest BCUT2D eigenvalue weighted by Crippen LogP contribution is -2.60. The molecule has 1 saturated heterocycles. The van der Waals surface area contributed by atoms with Crippen molar-refractivity contribution < 1.29 is 56.8 Å². The van der Waals surface area contributed by atoms with Gasteiger partial charge in [0, 0.05) is 12.8 Å². The van der Waals surface area contributed by atoms with Crippen molar-refractivity contribution >= 4 is 22.1 Å². The second-order valence-electron chi connectivity index (χ2n) is 15.3. The summed E-state index contributed by atoms with van der Waals surface area (Å²) < 4.78 is 54.0. The van der Waals surface area contributed by atoms with Crippen LogP contribution < -0.4 is 0 Å². The lowest BCUT2D eigenvalue weighted by atomic mass is 10.00. The minimum atomic E-state index is -4.63. The summed E-state index contributed by atoms with van der Waals surface area (Å²) in [6, 6.07) is 0. The molecule has 1 fully saturated rings. The van der Waals surface area contributed by atoms with Crippen molar-refractivity contribution in [2.24, 2.45) is 0 Å². The minimum absolute atomic E-state index is 0.0237. The molecule has 1 rings (SSSR count). The van der Waals surface area contributed by atoms with Crippen LogP contribution in [0.25, 0.3) is 0 Å². The van der Waals surface area contributed by atoms with E-state index in [0.29, 0.717) is 19.3 Å². The molecule has 0 aromatic carbocycles. The number of carbonyl (C=O) groups excluding carboxylic acids is 2. The van der Waals surface area contributed by atoms with Crippen molar-refractivity contribution in [3.8, 4) is 0 Å². The molecule has 0 radical (unpaired) electrons. The van der Waals surface area contributed by atoms with Gasteiger partial charge in [-0.25, -0.2) is 0 Å². The molecule has 0 aromatic rings. The third kappa shape index (κ3) is 33.5. The third-order valence-electron chi connectivity index (χ3n) is 9.52. The number of ether oxygens (including phenoxy) is 4. The van der Waals surface area contributed by atoms with Gasteiger partial charge < -0.3 is 34.3 Å². The summed E-state index contributed by atoms with van der Waals surface area (Å²) in [4.78, 5) is 25.4. The van der Waals surface area contributed by atoms with Crippen LogP contribution in [0.15, 0.2) is 122 Å². The van der Waals surface area contributed by atoms with Crippen LogP contribution in [0.4, 0.5) is 0 Å². The molecule has 0 aliphatic carbocycles. The maximum absolute atomic E-state index is 12.8. The van der Waals surface area contributed by atoms with Crippen LogP contribution in [0.5, 0.6) is 0 Å². The largest absolute Gasteiger partial charge is 0.462 e. The first-order valence-corrected chi connectivity index (χ1v) is 24.7. The van der Waals surface area contributed by atoms with Gasteiger partial charge in [0.25, 0.3) is 10.1 Å². The van der Waals surface area contributed by atoms with Crippen molar-refractivity contribution in [1.82, 2.24) is 0 Å². The van der Waals surface area contributed by atoms with E-state index in [2.05, 4.69) is 117 Å². The first kappa shape index (κ1) is 58.1. The first-order valence-electron chi connectivity index (χ1n) is 23.1. The van der Waals surface area contributed by atoms with Crippen molar-refractivity contribution in [2.75, 3.05) is 19.0 Å². The minimum Gasteiger partial charge on any atom is -0.462 e. The van der Waals surface area contributed by atoms with Crippen LogP contribution in [0.3, 0.4) is 0 Å². The van der Waals surface area contributed by atoms with Gasteiger partial charge in [-0.15, -0.1) is 0 Å². The fourth-order valence-electron chi connectivity index (χ4n) is 5.99. The van der Waals surface area contributed by atoms with Gasteiger partial charge in [0.1, 0.15) is 36.8 Å². The molecule has 0 saturated carbocycles. The summed E-state index contributed by atoms with van der Waals surface area (Å²) in [5.74, 6) is -2.15. The van der Waals surface area contributed by atoms with Crippen LogP contribution in [0, 0.1) is 0 Å². The highest BCUT2D eigenvalue weighted by molar-refractivity contribution is 7.85. The number of rotatable bonds is 36. The number of aliphatic hydroxyl groups is 3. The highest BCUT2D eigenvalue weighted by atomic mass is 32.2. The van der Waals surface area contributed by atoms with Crippen LogP contribution in [0.1, 0.15) is 129 Å². The summed E-state index contributed by atoms with van der Waals surface area (Å²) in [5.41, 5.74) is 0. The number of hydrogen-bond acceptors (Lipinski definition) is 11. The number of aliphatic hydroxyl groups excluding tert-OH is 3. The quantitative estimate of drug-likeness (QED) is 0.0202. The van der Waals surface area contributed by atoms with E-state index in [-0.39, 0.29) is 19.4 Å². The van der Waals surface area contributed by atoms with Crippen molar-refractivity contribution in [2.45, 2.75) is 166 Å². The van der Waals surface area contributed by atoms with Crippen molar-refractivity contribution in [3.05, 3.63) is 122 Å². The smallest absolute Gasteiger partial charge is 0.306 e. The number of esters is 2. The molecule has 360 valence electrons. The lowest BCUT2D eigenvalue weighted by molar-refractivity contribution is -0.297. The second-order valence-corrected chi connectivity index (χ2v) is 16.8. The van der Waals surface area contributed by atoms with E-state index in [0.717, 1.165) is 77.0 Å². The predicted octanol–water partition coefficient (Wildman–Crippen LogP) is 9.78. The molecular formula is C51H78O12S. The molecule has 0 spiro atoms. The summed E-state index contributed by atoms with van der Waals surface area (Å²) in [6.07, 6.45) is 46.8. The fourth-order valence-corrected chi connectivity index (χ4v) is 6.68. The SMILES string of the molecule is CC/C=C/C/C=C/C/C=C/C/C=C/C/C=C/C/C=C/CCC(=O)O[C@H](COC(=O)CCCCC/C=C/C/C=C/C/C=C/C/C=C/CCC)CO[C@H]1O[C@H](CS(=O)(=O)O)[C@@H](O)C(O)C1O. The van der Waals surface area contributed by atoms with Crippen LogP contribution >= 0.6 is 0 Å². The summed E-state index contributed by atoms with van der Waals surface area (Å²) in [5, 5.41) is 30.9. The Hall–Kier alpha value is -3.95. The molecule has 2 unspecified atom stereocenters. The van der Waals surface area contributed by atoms with Crippen LogP contribution in [-0.4, -0.2) is 96.0 Å². The fraction of sp³-hybridized carbons (Fsp3) is 0.569. The Kier molecular flexibility index (Phi) is 35.8. The standard InChI is InChI=1S/C51H78O12S/c1-3-5-7-9-11-13-15-17-19-21-22-24-26-28-30-32-34-36-38-40-47(53)62-44(42-61-51-50(56)49(55)48(54)45(63-51)43-64(57,58)59)41-60-46(52)39-37-35-33-31-29-27-25-23-20-18-16-14-12-10-8-6-4-2/h5,7-8,10-11,13-14,16-17,19-20,22-24,27-30,34,36,44-45,48-51,54-56H,3-4,6,9,12,15,18,21,25-26,31-33,35,37-43H2,1-2H3,(H,57,58,59)/b7-5+,10-8+,13-11+,16-14+,19-17+,23-20+,24-22+,29-27+,30-28+,36-34+/t44-,45-,48-,49?,50?,51+/m1/s1. The molecule has 12 nitrogen and oxygen atoms in total. The highest BCUT2D eigenvalue weighted by Crippen LogP contribution is 2.24. The molecule has 1 heterocycles. The van der Waals surface area contributed by atoms with E-state index >= 15 is 0 Å². The molecule has 0 aromatic heterocycles. The van der Waals surface area contributed by atoms with E-state index in [4.69, 9.17) is 18.9 Å². The summed E-state index contributed by atoms with van der Waals surface area (Å²) in [7, 11) is -4.63. The maximum atomic E-state index is 12.8. The molecule has 4 N–H and O–H groups in total. The molecule has 0 bridgehead atoms. The Labute approximate surface area is 384 Å². The number of allylic oxidation sites excluding steroid dienone is 20. The average Bonchev–Trinajstić information content (AvgIpc) is 3.26. The Morgan fingerprint density at radius 1 is 0.547 bits per heavy atom. The third-order valence-corrected chi connectivity index (χ3v) is 10.3.